The van der Waals surface area contributed by atoms with Gasteiger partial charge in [0, 0.05) is 0 Å². The van der Waals surface area contributed by atoms with Crippen LogP contribution >= 0.6 is 0 Å². The van der Waals surface area contributed by atoms with Crippen LogP contribution in [0.1, 0.15) is 40.0 Å². The van der Waals surface area contributed by atoms with Gasteiger partial charge in [-0.15, -0.1) is 0 Å². The zero-order valence-corrected chi connectivity index (χ0v) is 8.26. The van der Waals surface area contributed by atoms with Gasteiger partial charge >= 0.3 is 0 Å². The number of carbonyl (C=O) groups is 1. The van der Waals surface area contributed by atoms with Crippen LogP contribution in [0, 0.1) is 0 Å². The van der Waals surface area contributed by atoms with Crippen LogP contribution in [0.15, 0.2) is 23.3 Å². The van der Waals surface area contributed by atoms with Crippen LogP contribution in [0.5, 0.6) is 0 Å². The van der Waals surface area contributed by atoms with E-state index in [1.807, 2.05) is 0 Å². The molecule has 0 bridgehead atoms. The van der Waals surface area contributed by atoms with Crippen LogP contribution in [0.4, 0.5) is 0 Å². The van der Waals surface area contributed by atoms with Gasteiger partial charge in [-0.1, -0.05) is 24.1 Å². The maximum atomic E-state index is 10.2. The molecule has 0 fully saturated rings. The van der Waals surface area contributed by atoms with E-state index < -0.39 is 0 Å². The summed E-state index contributed by atoms with van der Waals surface area (Å²) in [7, 11) is 0. The molecule has 0 unspecified atom stereocenters. The lowest BCUT2D eigenvalue weighted by molar-refractivity contribution is -0.104. The average Bonchev–Trinajstić information content (AvgIpc) is 2.02. The third-order valence-electron chi connectivity index (χ3n) is 1.78. The maximum absolute atomic E-state index is 10.2. The second-order valence-electron chi connectivity index (χ2n) is 3.13. The average molecular weight is 166 g/mol. The van der Waals surface area contributed by atoms with Crippen molar-refractivity contribution >= 4 is 6.29 Å². The SMILES string of the molecule is CCC(=CC=O)CCC=C(C)C. The van der Waals surface area contributed by atoms with Gasteiger partial charge in [0.05, 0.1) is 0 Å². The Balaban J connectivity index is 3.81. The second-order valence-corrected chi connectivity index (χ2v) is 3.13. The molecule has 0 saturated heterocycles. The van der Waals surface area contributed by atoms with Crippen molar-refractivity contribution in [2.45, 2.75) is 40.0 Å². The molecule has 0 heterocycles. The third kappa shape index (κ3) is 5.90. The van der Waals surface area contributed by atoms with E-state index in [1.165, 1.54) is 11.1 Å². The quantitative estimate of drug-likeness (QED) is 0.348. The minimum atomic E-state index is 0.876. The Morgan fingerprint density at radius 1 is 1.33 bits per heavy atom. The highest BCUT2D eigenvalue weighted by molar-refractivity contribution is 5.66. The minimum Gasteiger partial charge on any atom is -0.299 e. The molecule has 0 saturated carbocycles. The van der Waals surface area contributed by atoms with E-state index in [4.69, 9.17) is 0 Å². The van der Waals surface area contributed by atoms with E-state index in [2.05, 4.69) is 26.8 Å². The predicted octanol–water partition coefficient (Wildman–Crippen LogP) is 3.27. The van der Waals surface area contributed by atoms with E-state index in [0.717, 1.165) is 25.5 Å². The lowest BCUT2D eigenvalue weighted by Crippen LogP contribution is -1.82. The first-order valence-corrected chi connectivity index (χ1v) is 4.47. The standard InChI is InChI=1S/C11H18O/c1-4-11(8-9-12)7-5-6-10(2)3/h6,8-9H,4-5,7H2,1-3H3. The molecule has 68 valence electrons. The maximum Gasteiger partial charge on any atom is 0.142 e. The van der Waals surface area contributed by atoms with Crippen molar-refractivity contribution in [2.75, 3.05) is 0 Å². The van der Waals surface area contributed by atoms with Gasteiger partial charge in [0.1, 0.15) is 6.29 Å². The fourth-order valence-corrected chi connectivity index (χ4v) is 1.02. The van der Waals surface area contributed by atoms with Crippen molar-refractivity contribution in [1.29, 1.82) is 0 Å². The molecule has 0 aromatic heterocycles. The number of hydrogen-bond acceptors (Lipinski definition) is 1. The topological polar surface area (TPSA) is 17.1 Å². The smallest absolute Gasteiger partial charge is 0.142 e. The Labute approximate surface area is 75.2 Å². The number of hydrogen-bond donors (Lipinski definition) is 0. The lowest BCUT2D eigenvalue weighted by Gasteiger charge is -1.99. The van der Waals surface area contributed by atoms with Crippen molar-refractivity contribution in [1.82, 2.24) is 0 Å². The Bertz CT molecular complexity index is 183. The van der Waals surface area contributed by atoms with Crippen LogP contribution < -0.4 is 0 Å². The largest absolute Gasteiger partial charge is 0.299 e. The Kier molecular flexibility index (Phi) is 6.35. The highest BCUT2D eigenvalue weighted by atomic mass is 16.1. The number of rotatable bonds is 5. The molecule has 1 nitrogen and oxygen atoms in total. The van der Waals surface area contributed by atoms with E-state index >= 15 is 0 Å². The molecule has 12 heavy (non-hydrogen) atoms. The van der Waals surface area contributed by atoms with Crippen molar-refractivity contribution < 1.29 is 4.79 Å². The summed E-state index contributed by atoms with van der Waals surface area (Å²) in [6.45, 7) is 6.27. The fraction of sp³-hybridized carbons (Fsp3) is 0.545. The van der Waals surface area contributed by atoms with Crippen LogP contribution in [0.3, 0.4) is 0 Å². The molecular weight excluding hydrogens is 148 g/mol. The van der Waals surface area contributed by atoms with E-state index in [9.17, 15) is 4.79 Å². The predicted molar refractivity (Wildman–Crippen MR) is 53.1 cm³/mol. The summed E-state index contributed by atoms with van der Waals surface area (Å²) >= 11 is 0. The number of allylic oxidation sites excluding steroid dienone is 4. The van der Waals surface area contributed by atoms with E-state index in [-0.39, 0.29) is 0 Å². The Morgan fingerprint density at radius 3 is 2.42 bits per heavy atom. The van der Waals surface area contributed by atoms with Crippen molar-refractivity contribution in [3.63, 3.8) is 0 Å². The van der Waals surface area contributed by atoms with Gasteiger partial charge in [-0.3, -0.25) is 4.79 Å². The monoisotopic (exact) mass is 166 g/mol. The molecule has 0 aliphatic carbocycles. The summed E-state index contributed by atoms with van der Waals surface area (Å²) in [6.07, 6.45) is 7.81. The van der Waals surface area contributed by atoms with Crippen molar-refractivity contribution in [2.24, 2.45) is 0 Å². The molecule has 0 amide bonds. The van der Waals surface area contributed by atoms with Crippen LogP contribution in [-0.4, -0.2) is 6.29 Å². The number of aldehydes is 1. The normalized spacial score (nSPS) is 11.1. The second kappa shape index (κ2) is 6.84. The molecule has 0 spiro atoms. The number of carbonyl (C=O) groups excluding carboxylic acids is 1. The molecule has 0 N–H and O–H groups in total. The third-order valence-corrected chi connectivity index (χ3v) is 1.78. The van der Waals surface area contributed by atoms with Crippen LogP contribution in [0.25, 0.3) is 0 Å². The van der Waals surface area contributed by atoms with Gasteiger partial charge in [0.15, 0.2) is 0 Å². The first kappa shape index (κ1) is 11.2. The highest BCUT2D eigenvalue weighted by Gasteiger charge is 1.91. The van der Waals surface area contributed by atoms with Gasteiger partial charge in [0.25, 0.3) is 0 Å². The van der Waals surface area contributed by atoms with Gasteiger partial charge in [-0.25, -0.2) is 0 Å². The minimum absolute atomic E-state index is 0.876. The van der Waals surface area contributed by atoms with Crippen molar-refractivity contribution in [3.8, 4) is 0 Å². The van der Waals surface area contributed by atoms with Gasteiger partial charge in [0.2, 0.25) is 0 Å². The van der Waals surface area contributed by atoms with Crippen LogP contribution in [-0.2, 0) is 4.79 Å². The molecule has 0 rings (SSSR count). The fourth-order valence-electron chi connectivity index (χ4n) is 1.02. The molecule has 0 aliphatic heterocycles. The van der Waals surface area contributed by atoms with Crippen LogP contribution in [0.2, 0.25) is 0 Å². The summed E-state index contributed by atoms with van der Waals surface area (Å²) in [5.74, 6) is 0. The summed E-state index contributed by atoms with van der Waals surface area (Å²) < 4.78 is 0. The zero-order chi connectivity index (χ0) is 9.40. The van der Waals surface area contributed by atoms with Gasteiger partial charge in [-0.05, 0) is 39.2 Å². The van der Waals surface area contributed by atoms with E-state index in [1.54, 1.807) is 6.08 Å². The molecular formula is C11H18O. The molecule has 1 heteroatoms. The Morgan fingerprint density at radius 2 is 2.00 bits per heavy atom. The molecule has 0 aliphatic rings. The van der Waals surface area contributed by atoms with Crippen molar-refractivity contribution in [3.05, 3.63) is 23.3 Å². The first-order valence-electron chi connectivity index (χ1n) is 4.47. The molecule has 0 radical (unpaired) electrons. The van der Waals surface area contributed by atoms with Gasteiger partial charge in [-0.2, -0.15) is 0 Å². The lowest BCUT2D eigenvalue weighted by atomic mass is 10.1. The molecule has 0 aromatic carbocycles. The summed E-state index contributed by atoms with van der Waals surface area (Å²) in [6, 6.07) is 0. The van der Waals surface area contributed by atoms with Gasteiger partial charge < -0.3 is 0 Å². The molecule has 0 aromatic rings. The first-order chi connectivity index (χ1) is 5.70. The Hall–Kier alpha value is -0.850. The summed E-state index contributed by atoms with van der Waals surface area (Å²) in [5, 5.41) is 0. The van der Waals surface area contributed by atoms with E-state index in [0.29, 0.717) is 0 Å². The summed E-state index contributed by atoms with van der Waals surface area (Å²) in [4.78, 5) is 10.2. The summed E-state index contributed by atoms with van der Waals surface area (Å²) in [5.41, 5.74) is 2.58. The zero-order valence-electron chi connectivity index (χ0n) is 8.26. The molecule has 0 atom stereocenters. The highest BCUT2D eigenvalue weighted by Crippen LogP contribution is 2.09.